The van der Waals surface area contributed by atoms with Crippen LogP contribution in [0.4, 0.5) is 13.2 Å². The van der Waals surface area contributed by atoms with Crippen LogP contribution in [-0.2, 0) is 14.4 Å². The fourth-order valence-electron chi connectivity index (χ4n) is 6.11. The topological polar surface area (TPSA) is 127 Å². The van der Waals surface area contributed by atoms with E-state index in [1.807, 2.05) is 0 Å². The Morgan fingerprint density at radius 1 is 1.07 bits per heavy atom. The molecule has 4 saturated carbocycles. The van der Waals surface area contributed by atoms with Gasteiger partial charge >= 0.3 is 18.1 Å². The number of carbonyl (C=O) groups is 3. The molecule has 5 rings (SSSR count). The van der Waals surface area contributed by atoms with Crippen LogP contribution >= 0.6 is 0 Å². The van der Waals surface area contributed by atoms with Gasteiger partial charge in [0, 0.05) is 12.1 Å². The van der Waals surface area contributed by atoms with E-state index < -0.39 is 29.8 Å². The lowest BCUT2D eigenvalue weighted by atomic mass is 9.51. The number of carboxylic acid groups (broad SMARTS) is 2. The summed E-state index contributed by atoms with van der Waals surface area (Å²) in [6.07, 6.45) is 2.09. The molecule has 5 aliphatic rings. The molecule has 1 aliphatic heterocycles. The van der Waals surface area contributed by atoms with Crippen molar-refractivity contribution < 1.29 is 42.9 Å². The molecule has 0 radical (unpaired) electrons. The zero-order valence-electron chi connectivity index (χ0n) is 16.5. The van der Waals surface area contributed by atoms with Gasteiger partial charge in [0.25, 0.3) is 0 Å². The highest BCUT2D eigenvalue weighted by molar-refractivity contribution is 5.85. The first-order valence-electron chi connectivity index (χ1n) is 10.1. The molecule has 3 atom stereocenters. The highest BCUT2D eigenvalue weighted by atomic mass is 19.4. The van der Waals surface area contributed by atoms with E-state index in [1.165, 1.54) is 11.3 Å². The third-order valence-corrected chi connectivity index (χ3v) is 6.75. The SMILES string of the molecule is O=C(O)C(F)(F)F.O=C(O)[C@@H]1CCCN1C(=O)CNC12CC3CC(CC(O)(C3)C1)C2. The lowest BCUT2D eigenvalue weighted by Gasteiger charge is -2.60. The molecule has 0 aromatic rings. The van der Waals surface area contributed by atoms with E-state index in [2.05, 4.69) is 5.32 Å². The Morgan fingerprint density at radius 2 is 1.63 bits per heavy atom. The molecular formula is C19H27F3N2O6. The Balaban J connectivity index is 0.000000318. The Morgan fingerprint density at radius 3 is 2.10 bits per heavy atom. The van der Waals surface area contributed by atoms with Gasteiger partial charge in [0.15, 0.2) is 0 Å². The van der Waals surface area contributed by atoms with Crippen molar-refractivity contribution in [1.82, 2.24) is 10.2 Å². The van der Waals surface area contributed by atoms with Crippen molar-refractivity contribution in [2.75, 3.05) is 13.1 Å². The number of rotatable bonds is 4. The Labute approximate surface area is 171 Å². The molecule has 11 heteroatoms. The number of halogens is 3. The van der Waals surface area contributed by atoms with Crippen LogP contribution in [0.1, 0.15) is 51.4 Å². The molecule has 1 saturated heterocycles. The summed E-state index contributed by atoms with van der Waals surface area (Å²) in [5.74, 6) is -2.63. The van der Waals surface area contributed by atoms with E-state index in [9.17, 15) is 33.0 Å². The van der Waals surface area contributed by atoms with Crippen molar-refractivity contribution in [3.8, 4) is 0 Å². The molecule has 170 valence electrons. The van der Waals surface area contributed by atoms with Gasteiger partial charge < -0.3 is 25.5 Å². The molecule has 2 unspecified atom stereocenters. The molecule has 4 bridgehead atoms. The van der Waals surface area contributed by atoms with Gasteiger partial charge in [-0.3, -0.25) is 4.79 Å². The number of nitrogens with one attached hydrogen (secondary N) is 1. The maximum atomic E-state index is 12.5. The average molecular weight is 436 g/mol. The molecule has 1 heterocycles. The van der Waals surface area contributed by atoms with Crippen molar-refractivity contribution in [1.29, 1.82) is 0 Å². The van der Waals surface area contributed by atoms with Crippen LogP contribution in [-0.4, -0.2) is 74.5 Å². The van der Waals surface area contributed by atoms with E-state index in [0.717, 1.165) is 38.5 Å². The third kappa shape index (κ3) is 4.88. The third-order valence-electron chi connectivity index (χ3n) is 6.75. The first-order chi connectivity index (χ1) is 13.8. The second-order valence-corrected chi connectivity index (χ2v) is 9.21. The highest BCUT2D eigenvalue weighted by Crippen LogP contribution is 2.57. The second kappa shape index (κ2) is 7.99. The minimum Gasteiger partial charge on any atom is -0.480 e. The second-order valence-electron chi connectivity index (χ2n) is 9.21. The van der Waals surface area contributed by atoms with Crippen LogP contribution in [0, 0.1) is 11.8 Å². The summed E-state index contributed by atoms with van der Waals surface area (Å²) in [5, 5.41) is 30.5. The van der Waals surface area contributed by atoms with Gasteiger partial charge in [-0.15, -0.1) is 0 Å². The summed E-state index contributed by atoms with van der Waals surface area (Å²) >= 11 is 0. The molecule has 4 aliphatic carbocycles. The van der Waals surface area contributed by atoms with Crippen LogP contribution < -0.4 is 5.32 Å². The zero-order valence-corrected chi connectivity index (χ0v) is 16.5. The lowest BCUT2D eigenvalue weighted by Crippen LogP contribution is -2.65. The monoisotopic (exact) mass is 436 g/mol. The number of carboxylic acids is 2. The molecule has 0 aromatic carbocycles. The summed E-state index contributed by atoms with van der Waals surface area (Å²) < 4.78 is 31.7. The van der Waals surface area contributed by atoms with Crippen molar-refractivity contribution in [3.05, 3.63) is 0 Å². The normalized spacial score (nSPS) is 36.9. The first kappa shape index (κ1) is 22.8. The number of alkyl halides is 3. The number of amides is 1. The van der Waals surface area contributed by atoms with E-state index in [0.29, 0.717) is 24.8 Å². The van der Waals surface area contributed by atoms with E-state index in [-0.39, 0.29) is 18.0 Å². The van der Waals surface area contributed by atoms with Gasteiger partial charge in [0.1, 0.15) is 6.04 Å². The number of nitrogens with zero attached hydrogens (tertiary/aromatic N) is 1. The lowest BCUT2D eigenvalue weighted by molar-refractivity contribution is -0.192. The number of hydrogen-bond donors (Lipinski definition) is 4. The molecule has 5 fully saturated rings. The first-order valence-corrected chi connectivity index (χ1v) is 10.1. The summed E-state index contributed by atoms with van der Waals surface area (Å²) in [4.78, 5) is 34.1. The minimum atomic E-state index is -5.08. The molecule has 0 aromatic heterocycles. The van der Waals surface area contributed by atoms with E-state index >= 15 is 0 Å². The van der Waals surface area contributed by atoms with Gasteiger partial charge in [-0.2, -0.15) is 13.2 Å². The van der Waals surface area contributed by atoms with Crippen LogP contribution in [0.3, 0.4) is 0 Å². The Kier molecular flexibility index (Phi) is 6.07. The summed E-state index contributed by atoms with van der Waals surface area (Å²) in [6.45, 7) is 0.735. The number of likely N-dealkylation sites (tertiary alicyclic amines) is 1. The van der Waals surface area contributed by atoms with Gasteiger partial charge in [0.2, 0.25) is 5.91 Å². The molecule has 30 heavy (non-hydrogen) atoms. The van der Waals surface area contributed by atoms with E-state index in [4.69, 9.17) is 9.90 Å². The van der Waals surface area contributed by atoms with Gasteiger partial charge in [-0.05, 0) is 63.2 Å². The van der Waals surface area contributed by atoms with Gasteiger partial charge in [-0.25, -0.2) is 9.59 Å². The minimum absolute atomic E-state index is 0.113. The molecule has 1 amide bonds. The maximum Gasteiger partial charge on any atom is 0.490 e. The summed E-state index contributed by atoms with van der Waals surface area (Å²) in [5.41, 5.74) is -0.662. The smallest absolute Gasteiger partial charge is 0.480 e. The summed E-state index contributed by atoms with van der Waals surface area (Å²) in [6, 6.07) is -0.662. The number of carbonyl (C=O) groups excluding carboxylic acids is 1. The van der Waals surface area contributed by atoms with Crippen molar-refractivity contribution in [2.45, 2.75) is 74.7 Å². The Bertz CT molecular complexity index is 699. The molecular weight excluding hydrogens is 409 g/mol. The average Bonchev–Trinajstić information content (AvgIpc) is 3.07. The van der Waals surface area contributed by atoms with Crippen LogP contribution in [0.15, 0.2) is 0 Å². The summed E-state index contributed by atoms with van der Waals surface area (Å²) in [7, 11) is 0. The van der Waals surface area contributed by atoms with Crippen molar-refractivity contribution in [2.24, 2.45) is 11.8 Å². The standard InChI is InChI=1S/C17H26N2O4.C2HF3O2/c20-14(19-3-1-2-13(19)15(21)22)9-18-16-5-11-4-12(6-16)8-17(23,7-11)10-16;3-2(4,5)1(6)7/h11-13,18,23H,1-10H2,(H,21,22);(H,6,7)/t11?,12?,13-,16?,17?;/m0./s1. The molecule has 4 N–H and O–H groups in total. The van der Waals surface area contributed by atoms with Gasteiger partial charge in [-0.1, -0.05) is 0 Å². The van der Waals surface area contributed by atoms with Crippen LogP contribution in [0.2, 0.25) is 0 Å². The van der Waals surface area contributed by atoms with Gasteiger partial charge in [0.05, 0.1) is 12.1 Å². The quantitative estimate of drug-likeness (QED) is 0.524. The number of hydrogen-bond acceptors (Lipinski definition) is 5. The Hall–Kier alpha value is -1.88. The van der Waals surface area contributed by atoms with Crippen molar-refractivity contribution >= 4 is 17.8 Å². The largest absolute Gasteiger partial charge is 0.490 e. The number of aliphatic carboxylic acids is 2. The van der Waals surface area contributed by atoms with E-state index in [1.54, 1.807) is 0 Å². The molecule has 8 nitrogen and oxygen atoms in total. The predicted molar refractivity (Wildman–Crippen MR) is 96.4 cm³/mol. The fraction of sp³-hybridized carbons (Fsp3) is 0.842. The van der Waals surface area contributed by atoms with Crippen LogP contribution in [0.25, 0.3) is 0 Å². The molecule has 0 spiro atoms. The van der Waals surface area contributed by atoms with Crippen LogP contribution in [0.5, 0.6) is 0 Å². The fourth-order valence-corrected chi connectivity index (χ4v) is 6.11. The maximum absolute atomic E-state index is 12.5. The van der Waals surface area contributed by atoms with Crippen molar-refractivity contribution in [3.63, 3.8) is 0 Å². The number of aliphatic hydroxyl groups is 1. The zero-order chi connectivity index (χ0) is 22.3. The predicted octanol–water partition coefficient (Wildman–Crippen LogP) is 1.37. The highest BCUT2D eigenvalue weighted by Gasteiger charge is 2.57.